The molecule has 0 spiro atoms. The zero-order chi connectivity index (χ0) is 14.9. The molecule has 20 heavy (non-hydrogen) atoms. The first kappa shape index (κ1) is 14.5. The molecule has 0 bridgehead atoms. The molecule has 2 N–H and O–H groups in total. The van der Waals surface area contributed by atoms with Crippen LogP contribution >= 0.6 is 0 Å². The molecule has 110 valence electrons. The van der Waals surface area contributed by atoms with E-state index < -0.39 is 12.2 Å². The summed E-state index contributed by atoms with van der Waals surface area (Å²) in [5.74, 6) is 0.974. The van der Waals surface area contributed by atoms with Crippen molar-refractivity contribution in [3.63, 3.8) is 0 Å². The Kier molecular flexibility index (Phi) is 3.78. The van der Waals surface area contributed by atoms with Gasteiger partial charge in [-0.2, -0.15) is 13.2 Å². The molecule has 0 radical (unpaired) electrons. The first-order valence-electron chi connectivity index (χ1n) is 6.25. The highest BCUT2D eigenvalue weighted by Crippen LogP contribution is 2.32. The molecular formula is C13H17F3N4. The standard InChI is InChI=1S/C13H17F3N4/c1-8(10-4-5-18-12(6-10)17-3)20-7-11(13(14,15)16)19-9(20)2/h4-6,8,11,19H,2,7H2,1,3H3,(H,17,18). The lowest BCUT2D eigenvalue weighted by molar-refractivity contribution is -0.150. The number of hydrogen-bond donors (Lipinski definition) is 2. The van der Waals surface area contributed by atoms with Gasteiger partial charge in [0.1, 0.15) is 11.9 Å². The van der Waals surface area contributed by atoms with Gasteiger partial charge in [0.25, 0.3) is 0 Å². The monoisotopic (exact) mass is 286 g/mol. The van der Waals surface area contributed by atoms with Crippen LogP contribution in [0, 0.1) is 0 Å². The highest BCUT2D eigenvalue weighted by atomic mass is 19.4. The summed E-state index contributed by atoms with van der Waals surface area (Å²) in [5, 5.41) is 5.31. The summed E-state index contributed by atoms with van der Waals surface area (Å²) in [6, 6.07) is 1.83. The summed E-state index contributed by atoms with van der Waals surface area (Å²) in [6.07, 6.45) is -2.64. The second-order valence-corrected chi connectivity index (χ2v) is 4.74. The average molecular weight is 286 g/mol. The van der Waals surface area contributed by atoms with E-state index in [1.54, 1.807) is 24.2 Å². The summed E-state index contributed by atoms with van der Waals surface area (Å²) in [5.41, 5.74) is 0.884. The van der Waals surface area contributed by atoms with Crippen LogP contribution < -0.4 is 10.6 Å². The summed E-state index contributed by atoms with van der Waals surface area (Å²) in [4.78, 5) is 5.71. The molecule has 2 unspecified atom stereocenters. The summed E-state index contributed by atoms with van der Waals surface area (Å²) in [6.45, 7) is 5.38. The second-order valence-electron chi connectivity index (χ2n) is 4.74. The van der Waals surface area contributed by atoms with E-state index in [0.717, 1.165) is 5.56 Å². The summed E-state index contributed by atoms with van der Waals surface area (Å²) >= 11 is 0. The van der Waals surface area contributed by atoms with Gasteiger partial charge in [-0.25, -0.2) is 4.98 Å². The summed E-state index contributed by atoms with van der Waals surface area (Å²) in [7, 11) is 1.74. The van der Waals surface area contributed by atoms with E-state index in [0.29, 0.717) is 11.6 Å². The number of aromatic nitrogens is 1. The first-order valence-corrected chi connectivity index (χ1v) is 6.25. The van der Waals surface area contributed by atoms with Crippen molar-refractivity contribution in [3.05, 3.63) is 36.3 Å². The number of halogens is 3. The first-order chi connectivity index (χ1) is 9.32. The minimum atomic E-state index is -4.27. The van der Waals surface area contributed by atoms with Gasteiger partial charge in [0.2, 0.25) is 0 Å². The molecule has 2 atom stereocenters. The third-order valence-corrected chi connectivity index (χ3v) is 3.45. The number of pyridine rings is 1. The van der Waals surface area contributed by atoms with Crippen LogP contribution in [-0.4, -0.2) is 35.7 Å². The molecule has 2 rings (SSSR count). The van der Waals surface area contributed by atoms with Crippen LogP contribution in [-0.2, 0) is 0 Å². The third-order valence-electron chi connectivity index (χ3n) is 3.45. The topological polar surface area (TPSA) is 40.2 Å². The van der Waals surface area contributed by atoms with Gasteiger partial charge in [-0.05, 0) is 24.6 Å². The van der Waals surface area contributed by atoms with Crippen LogP contribution in [0.1, 0.15) is 18.5 Å². The van der Waals surface area contributed by atoms with Gasteiger partial charge in [0, 0.05) is 19.8 Å². The van der Waals surface area contributed by atoms with Gasteiger partial charge in [0.15, 0.2) is 0 Å². The number of alkyl halides is 3. The lowest BCUT2D eigenvalue weighted by Gasteiger charge is -2.26. The van der Waals surface area contributed by atoms with E-state index in [1.807, 2.05) is 13.0 Å². The van der Waals surface area contributed by atoms with Crippen molar-refractivity contribution < 1.29 is 13.2 Å². The molecule has 1 saturated heterocycles. The van der Waals surface area contributed by atoms with Crippen LogP contribution in [0.2, 0.25) is 0 Å². The number of nitrogens with zero attached hydrogens (tertiary/aromatic N) is 2. The van der Waals surface area contributed by atoms with Gasteiger partial charge in [-0.1, -0.05) is 6.58 Å². The second kappa shape index (κ2) is 5.22. The maximum Gasteiger partial charge on any atom is 0.410 e. The lowest BCUT2D eigenvalue weighted by Crippen LogP contribution is -2.39. The fourth-order valence-electron chi connectivity index (χ4n) is 2.24. The average Bonchev–Trinajstić information content (AvgIpc) is 2.80. The van der Waals surface area contributed by atoms with Gasteiger partial charge in [-0.3, -0.25) is 0 Å². The predicted molar refractivity (Wildman–Crippen MR) is 71.0 cm³/mol. The van der Waals surface area contributed by atoms with E-state index in [2.05, 4.69) is 22.2 Å². The van der Waals surface area contributed by atoms with E-state index in [-0.39, 0.29) is 12.6 Å². The molecule has 1 aliphatic rings. The zero-order valence-electron chi connectivity index (χ0n) is 11.3. The zero-order valence-corrected chi connectivity index (χ0v) is 11.3. The normalized spacial score (nSPS) is 20.8. The van der Waals surface area contributed by atoms with Crippen molar-refractivity contribution in [1.29, 1.82) is 0 Å². The number of anilines is 1. The third kappa shape index (κ3) is 2.81. The fourth-order valence-corrected chi connectivity index (χ4v) is 2.24. The molecule has 1 fully saturated rings. The Morgan fingerprint density at radius 1 is 1.55 bits per heavy atom. The Morgan fingerprint density at radius 3 is 2.80 bits per heavy atom. The van der Waals surface area contributed by atoms with Gasteiger partial charge >= 0.3 is 6.18 Å². The van der Waals surface area contributed by atoms with Crippen LogP contribution in [0.4, 0.5) is 19.0 Å². The molecule has 0 aromatic carbocycles. The molecule has 1 aliphatic heterocycles. The highest BCUT2D eigenvalue weighted by molar-refractivity contribution is 5.38. The molecule has 0 amide bonds. The predicted octanol–water partition coefficient (Wildman–Crippen LogP) is 2.49. The molecule has 0 aliphatic carbocycles. The lowest BCUT2D eigenvalue weighted by atomic mass is 10.1. The Hall–Kier alpha value is -1.92. The van der Waals surface area contributed by atoms with Crippen molar-refractivity contribution in [2.45, 2.75) is 25.2 Å². The van der Waals surface area contributed by atoms with Crippen LogP contribution in [0.25, 0.3) is 0 Å². The van der Waals surface area contributed by atoms with Crippen molar-refractivity contribution in [2.24, 2.45) is 0 Å². The maximum atomic E-state index is 12.7. The van der Waals surface area contributed by atoms with E-state index >= 15 is 0 Å². The molecule has 2 heterocycles. The Balaban J connectivity index is 2.17. The largest absolute Gasteiger partial charge is 0.410 e. The Morgan fingerprint density at radius 2 is 2.25 bits per heavy atom. The fraction of sp³-hybridized carbons (Fsp3) is 0.462. The quantitative estimate of drug-likeness (QED) is 0.895. The van der Waals surface area contributed by atoms with Gasteiger partial charge in [-0.15, -0.1) is 0 Å². The van der Waals surface area contributed by atoms with E-state index in [4.69, 9.17) is 0 Å². The van der Waals surface area contributed by atoms with Crippen LogP contribution in [0.15, 0.2) is 30.7 Å². The Labute approximate surface area is 115 Å². The Bertz CT molecular complexity index is 501. The molecule has 1 aromatic heterocycles. The van der Waals surface area contributed by atoms with Crippen molar-refractivity contribution >= 4 is 5.82 Å². The maximum absolute atomic E-state index is 12.7. The minimum absolute atomic E-state index is 0.138. The number of hydrogen-bond acceptors (Lipinski definition) is 4. The van der Waals surface area contributed by atoms with Crippen LogP contribution in [0.5, 0.6) is 0 Å². The molecule has 4 nitrogen and oxygen atoms in total. The van der Waals surface area contributed by atoms with Crippen molar-refractivity contribution in [1.82, 2.24) is 15.2 Å². The number of nitrogens with one attached hydrogen (secondary N) is 2. The van der Waals surface area contributed by atoms with Crippen molar-refractivity contribution in [2.75, 3.05) is 18.9 Å². The number of rotatable bonds is 3. The van der Waals surface area contributed by atoms with Gasteiger partial charge < -0.3 is 15.5 Å². The van der Waals surface area contributed by atoms with E-state index in [9.17, 15) is 13.2 Å². The smallest absolute Gasteiger partial charge is 0.373 e. The van der Waals surface area contributed by atoms with Crippen LogP contribution in [0.3, 0.4) is 0 Å². The molecule has 7 heteroatoms. The van der Waals surface area contributed by atoms with Gasteiger partial charge in [0.05, 0.1) is 11.9 Å². The molecule has 1 aromatic rings. The highest BCUT2D eigenvalue weighted by Gasteiger charge is 2.45. The minimum Gasteiger partial charge on any atom is -0.373 e. The van der Waals surface area contributed by atoms with Crippen molar-refractivity contribution in [3.8, 4) is 0 Å². The summed E-state index contributed by atoms with van der Waals surface area (Å²) < 4.78 is 38.2. The van der Waals surface area contributed by atoms with E-state index in [1.165, 1.54) is 0 Å². The SMILES string of the molecule is C=C1NC(C(F)(F)F)CN1C(C)c1ccnc(NC)c1. The molecular weight excluding hydrogens is 269 g/mol. The molecule has 0 saturated carbocycles.